The fourth-order valence-electron chi connectivity index (χ4n) is 1.89. The smallest absolute Gasteiger partial charge is 0.252 e. The van der Waals surface area contributed by atoms with E-state index in [2.05, 4.69) is 12.1 Å². The molecule has 1 aromatic heterocycles. The van der Waals surface area contributed by atoms with E-state index in [9.17, 15) is 8.42 Å². The predicted octanol–water partition coefficient (Wildman–Crippen LogP) is 2.58. The fourth-order valence-corrected chi connectivity index (χ4v) is 4.39. The number of rotatable bonds is 6. The largest absolute Gasteiger partial charge is 0.398 e. The first kappa shape index (κ1) is 15.0. The summed E-state index contributed by atoms with van der Waals surface area (Å²) in [7, 11) is -1.79. The number of benzene rings is 1. The molecule has 0 amide bonds. The molecular weight excluding hydrogens is 292 g/mol. The number of thiophene rings is 1. The Balaban J connectivity index is 1.93. The highest BCUT2D eigenvalue weighted by molar-refractivity contribution is 7.91. The molecule has 0 unspecified atom stereocenters. The van der Waals surface area contributed by atoms with Gasteiger partial charge in [0.05, 0.1) is 0 Å². The number of hydrogen-bond acceptors (Lipinski definition) is 4. The van der Waals surface area contributed by atoms with Gasteiger partial charge in [-0.15, -0.1) is 11.3 Å². The lowest BCUT2D eigenvalue weighted by Crippen LogP contribution is -2.27. The summed E-state index contributed by atoms with van der Waals surface area (Å²) < 4.78 is 26.2. The van der Waals surface area contributed by atoms with Crippen LogP contribution in [0.15, 0.2) is 46.0 Å². The van der Waals surface area contributed by atoms with Crippen molar-refractivity contribution in [2.45, 2.75) is 17.1 Å². The number of sulfonamides is 1. The SMILES string of the molecule is CN(CCCc1ccccc1)S(=O)(=O)c1cc(N)cs1. The lowest BCUT2D eigenvalue weighted by Gasteiger charge is -2.15. The van der Waals surface area contributed by atoms with Crippen molar-refractivity contribution in [3.05, 3.63) is 47.3 Å². The second-order valence-corrected chi connectivity index (χ2v) is 7.80. The van der Waals surface area contributed by atoms with Crippen LogP contribution < -0.4 is 5.73 Å². The van der Waals surface area contributed by atoms with Gasteiger partial charge in [-0.25, -0.2) is 12.7 Å². The molecule has 20 heavy (non-hydrogen) atoms. The van der Waals surface area contributed by atoms with E-state index >= 15 is 0 Å². The van der Waals surface area contributed by atoms with Crippen molar-refractivity contribution in [3.63, 3.8) is 0 Å². The van der Waals surface area contributed by atoms with Crippen LogP contribution in [0.5, 0.6) is 0 Å². The van der Waals surface area contributed by atoms with Gasteiger partial charge < -0.3 is 5.73 Å². The molecule has 0 aliphatic carbocycles. The molecule has 0 aliphatic heterocycles. The van der Waals surface area contributed by atoms with Gasteiger partial charge in [0.15, 0.2) is 0 Å². The van der Waals surface area contributed by atoms with Gasteiger partial charge in [-0.05, 0) is 24.5 Å². The van der Waals surface area contributed by atoms with Crippen molar-refractivity contribution in [1.82, 2.24) is 4.31 Å². The van der Waals surface area contributed by atoms with Crippen molar-refractivity contribution in [2.24, 2.45) is 0 Å². The van der Waals surface area contributed by atoms with Gasteiger partial charge in [0.25, 0.3) is 10.0 Å². The molecule has 108 valence electrons. The molecule has 2 rings (SSSR count). The standard InChI is InChI=1S/C14H18N2O2S2/c1-16(9-5-8-12-6-3-2-4-7-12)20(17,18)14-10-13(15)11-19-14/h2-4,6-7,10-11H,5,8-9,15H2,1H3. The maximum absolute atomic E-state index is 12.3. The summed E-state index contributed by atoms with van der Waals surface area (Å²) in [6.45, 7) is 0.495. The topological polar surface area (TPSA) is 63.4 Å². The summed E-state index contributed by atoms with van der Waals surface area (Å²) in [5.74, 6) is 0. The molecule has 4 nitrogen and oxygen atoms in total. The van der Waals surface area contributed by atoms with Crippen LogP contribution in [0.25, 0.3) is 0 Å². The number of aryl methyl sites for hydroxylation is 1. The second kappa shape index (κ2) is 6.39. The molecule has 2 aromatic rings. The Labute approximate surface area is 123 Å². The molecule has 0 bridgehead atoms. The van der Waals surface area contributed by atoms with Crippen LogP contribution in [0.2, 0.25) is 0 Å². The van der Waals surface area contributed by atoms with Gasteiger partial charge in [-0.1, -0.05) is 30.3 Å². The lowest BCUT2D eigenvalue weighted by molar-refractivity contribution is 0.463. The molecule has 0 fully saturated rings. The van der Waals surface area contributed by atoms with Gasteiger partial charge in [-0.3, -0.25) is 0 Å². The van der Waals surface area contributed by atoms with Crippen LogP contribution in [-0.2, 0) is 16.4 Å². The molecule has 1 aromatic carbocycles. The van der Waals surface area contributed by atoms with Gasteiger partial charge in [0.1, 0.15) is 4.21 Å². The van der Waals surface area contributed by atoms with E-state index in [1.165, 1.54) is 15.9 Å². The highest BCUT2D eigenvalue weighted by Crippen LogP contribution is 2.24. The van der Waals surface area contributed by atoms with Gasteiger partial charge in [0.2, 0.25) is 0 Å². The Bertz CT molecular complexity index is 651. The Morgan fingerprint density at radius 2 is 1.95 bits per heavy atom. The second-order valence-electron chi connectivity index (χ2n) is 4.61. The van der Waals surface area contributed by atoms with Crippen molar-refractivity contribution < 1.29 is 8.42 Å². The van der Waals surface area contributed by atoms with E-state index in [0.717, 1.165) is 24.2 Å². The minimum atomic E-state index is -3.40. The zero-order valence-corrected chi connectivity index (χ0v) is 13.0. The van der Waals surface area contributed by atoms with E-state index in [0.29, 0.717) is 16.4 Å². The van der Waals surface area contributed by atoms with Crippen LogP contribution in [0.3, 0.4) is 0 Å². The Morgan fingerprint density at radius 1 is 1.25 bits per heavy atom. The van der Waals surface area contributed by atoms with E-state index in [4.69, 9.17) is 5.73 Å². The molecule has 1 heterocycles. The quantitative estimate of drug-likeness (QED) is 0.892. The maximum atomic E-state index is 12.3. The van der Waals surface area contributed by atoms with Crippen LogP contribution >= 0.6 is 11.3 Å². The van der Waals surface area contributed by atoms with Crippen molar-refractivity contribution in [1.29, 1.82) is 0 Å². The van der Waals surface area contributed by atoms with Crippen LogP contribution in [-0.4, -0.2) is 26.3 Å². The molecule has 0 saturated heterocycles. The minimum absolute atomic E-state index is 0.303. The number of anilines is 1. The average Bonchev–Trinajstić information content (AvgIpc) is 2.87. The Hall–Kier alpha value is -1.37. The van der Waals surface area contributed by atoms with Crippen molar-refractivity contribution in [2.75, 3.05) is 19.3 Å². The first-order valence-electron chi connectivity index (χ1n) is 6.34. The Kier molecular flexibility index (Phi) is 4.80. The molecule has 6 heteroatoms. The first-order valence-corrected chi connectivity index (χ1v) is 8.66. The summed E-state index contributed by atoms with van der Waals surface area (Å²) in [5.41, 5.74) is 7.29. The average molecular weight is 310 g/mol. The normalized spacial score (nSPS) is 11.9. The molecule has 0 aliphatic rings. The summed E-state index contributed by atoms with van der Waals surface area (Å²) in [4.78, 5) is 0. The number of nitrogen functional groups attached to an aromatic ring is 1. The van der Waals surface area contributed by atoms with E-state index < -0.39 is 10.0 Å². The van der Waals surface area contributed by atoms with Gasteiger partial charge >= 0.3 is 0 Å². The number of nitrogens with two attached hydrogens (primary N) is 1. The Morgan fingerprint density at radius 3 is 2.55 bits per heavy atom. The van der Waals surface area contributed by atoms with Gasteiger partial charge in [0, 0.05) is 24.7 Å². The van der Waals surface area contributed by atoms with Crippen molar-refractivity contribution in [3.8, 4) is 0 Å². The third-order valence-corrected chi connectivity index (χ3v) is 6.33. The minimum Gasteiger partial charge on any atom is -0.398 e. The summed E-state index contributed by atoms with van der Waals surface area (Å²) in [6.07, 6.45) is 1.66. The molecule has 0 radical (unpaired) electrons. The third kappa shape index (κ3) is 3.59. The lowest BCUT2D eigenvalue weighted by atomic mass is 10.1. The highest BCUT2D eigenvalue weighted by atomic mass is 32.2. The summed E-state index contributed by atoms with van der Waals surface area (Å²) in [6, 6.07) is 11.6. The van der Waals surface area contributed by atoms with Crippen LogP contribution in [0, 0.1) is 0 Å². The maximum Gasteiger partial charge on any atom is 0.252 e. The molecule has 2 N–H and O–H groups in total. The summed E-state index contributed by atoms with van der Waals surface area (Å²) in [5, 5.41) is 1.64. The van der Waals surface area contributed by atoms with E-state index in [1.54, 1.807) is 12.4 Å². The summed E-state index contributed by atoms with van der Waals surface area (Å²) >= 11 is 1.16. The third-order valence-electron chi connectivity index (χ3n) is 3.04. The zero-order valence-electron chi connectivity index (χ0n) is 11.3. The molecule has 0 saturated carbocycles. The molecular formula is C14H18N2O2S2. The van der Waals surface area contributed by atoms with Crippen molar-refractivity contribution >= 4 is 27.0 Å². The van der Waals surface area contributed by atoms with E-state index in [-0.39, 0.29) is 0 Å². The zero-order chi connectivity index (χ0) is 14.6. The molecule has 0 spiro atoms. The predicted molar refractivity (Wildman–Crippen MR) is 83.3 cm³/mol. The van der Waals surface area contributed by atoms with Gasteiger partial charge in [-0.2, -0.15) is 0 Å². The molecule has 0 atom stereocenters. The monoisotopic (exact) mass is 310 g/mol. The fraction of sp³-hybridized carbons (Fsp3) is 0.286. The number of nitrogens with zero attached hydrogens (tertiary/aromatic N) is 1. The van der Waals surface area contributed by atoms with Crippen LogP contribution in [0.4, 0.5) is 5.69 Å². The van der Waals surface area contributed by atoms with Crippen LogP contribution in [0.1, 0.15) is 12.0 Å². The first-order chi connectivity index (χ1) is 9.50. The van der Waals surface area contributed by atoms with E-state index in [1.807, 2.05) is 18.2 Å². The number of hydrogen-bond donors (Lipinski definition) is 1. The highest BCUT2D eigenvalue weighted by Gasteiger charge is 2.21.